The third-order valence-electron chi connectivity index (χ3n) is 3.17. The Morgan fingerprint density at radius 2 is 2.12 bits per heavy atom. The SMILES string of the molecule is C[C@H]1CCCCN1c1ncccc1C(F)(F)F. The topological polar surface area (TPSA) is 16.1 Å². The monoisotopic (exact) mass is 244 g/mol. The molecule has 94 valence electrons. The number of rotatable bonds is 1. The maximum Gasteiger partial charge on any atom is 0.419 e. The van der Waals surface area contributed by atoms with E-state index in [-0.39, 0.29) is 11.9 Å². The molecule has 0 spiro atoms. The first-order valence-corrected chi connectivity index (χ1v) is 5.79. The molecule has 1 fully saturated rings. The van der Waals surface area contributed by atoms with Crippen LogP contribution in [0, 0.1) is 0 Å². The van der Waals surface area contributed by atoms with Gasteiger partial charge >= 0.3 is 6.18 Å². The molecule has 1 aliphatic rings. The highest BCUT2D eigenvalue weighted by molar-refractivity contribution is 5.49. The van der Waals surface area contributed by atoms with Crippen molar-refractivity contribution in [3.05, 3.63) is 23.9 Å². The summed E-state index contributed by atoms with van der Waals surface area (Å²) in [6.45, 7) is 2.61. The summed E-state index contributed by atoms with van der Waals surface area (Å²) in [4.78, 5) is 5.70. The van der Waals surface area contributed by atoms with Crippen LogP contribution in [0.15, 0.2) is 18.3 Å². The largest absolute Gasteiger partial charge is 0.419 e. The lowest BCUT2D eigenvalue weighted by molar-refractivity contribution is -0.137. The van der Waals surface area contributed by atoms with Crippen molar-refractivity contribution in [2.45, 2.75) is 38.4 Å². The Morgan fingerprint density at radius 1 is 1.35 bits per heavy atom. The minimum atomic E-state index is -4.33. The summed E-state index contributed by atoms with van der Waals surface area (Å²) < 4.78 is 38.6. The quantitative estimate of drug-likeness (QED) is 0.751. The molecule has 0 aromatic carbocycles. The van der Waals surface area contributed by atoms with Crippen LogP contribution in [0.5, 0.6) is 0 Å². The second-order valence-electron chi connectivity index (χ2n) is 4.41. The molecule has 2 rings (SSSR count). The van der Waals surface area contributed by atoms with Crippen LogP contribution in [-0.2, 0) is 6.18 Å². The fourth-order valence-electron chi connectivity index (χ4n) is 2.26. The molecule has 1 aliphatic heterocycles. The van der Waals surface area contributed by atoms with Gasteiger partial charge in [0, 0.05) is 18.8 Å². The lowest BCUT2D eigenvalue weighted by Crippen LogP contribution is -2.39. The summed E-state index contributed by atoms with van der Waals surface area (Å²) in [6.07, 6.45) is 0.0184. The number of nitrogens with zero attached hydrogens (tertiary/aromatic N) is 2. The molecule has 0 aliphatic carbocycles. The first-order valence-electron chi connectivity index (χ1n) is 5.79. The molecule has 1 aromatic heterocycles. The Labute approximate surface area is 98.5 Å². The van der Waals surface area contributed by atoms with Gasteiger partial charge in [0.15, 0.2) is 0 Å². The van der Waals surface area contributed by atoms with Crippen LogP contribution in [0.1, 0.15) is 31.7 Å². The van der Waals surface area contributed by atoms with Crippen LogP contribution in [0.25, 0.3) is 0 Å². The number of anilines is 1. The molecular weight excluding hydrogens is 229 g/mol. The van der Waals surface area contributed by atoms with E-state index >= 15 is 0 Å². The smallest absolute Gasteiger partial charge is 0.353 e. The van der Waals surface area contributed by atoms with Crippen molar-refractivity contribution in [3.8, 4) is 0 Å². The van der Waals surface area contributed by atoms with E-state index in [9.17, 15) is 13.2 Å². The molecule has 0 bridgehead atoms. The summed E-state index contributed by atoms with van der Waals surface area (Å²) in [7, 11) is 0. The van der Waals surface area contributed by atoms with Crippen molar-refractivity contribution in [3.63, 3.8) is 0 Å². The zero-order chi connectivity index (χ0) is 12.5. The molecule has 5 heteroatoms. The Kier molecular flexibility index (Phi) is 3.26. The molecule has 1 saturated heterocycles. The molecule has 1 atom stereocenters. The van der Waals surface area contributed by atoms with E-state index in [0.29, 0.717) is 6.54 Å². The molecule has 0 amide bonds. The highest BCUT2D eigenvalue weighted by Gasteiger charge is 2.36. The Balaban J connectivity index is 2.37. The molecule has 1 aromatic rings. The van der Waals surface area contributed by atoms with Gasteiger partial charge in [0.2, 0.25) is 0 Å². The van der Waals surface area contributed by atoms with E-state index in [2.05, 4.69) is 4.98 Å². The van der Waals surface area contributed by atoms with E-state index in [0.717, 1.165) is 25.3 Å². The van der Waals surface area contributed by atoms with Gasteiger partial charge in [-0.05, 0) is 38.3 Å². The minimum Gasteiger partial charge on any atom is -0.353 e. The van der Waals surface area contributed by atoms with E-state index in [4.69, 9.17) is 0 Å². The highest BCUT2D eigenvalue weighted by Crippen LogP contribution is 2.36. The maximum absolute atomic E-state index is 12.9. The number of pyridine rings is 1. The highest BCUT2D eigenvalue weighted by atomic mass is 19.4. The van der Waals surface area contributed by atoms with Crippen molar-refractivity contribution in [1.29, 1.82) is 0 Å². The average molecular weight is 244 g/mol. The Morgan fingerprint density at radius 3 is 2.76 bits per heavy atom. The summed E-state index contributed by atoms with van der Waals surface area (Å²) in [5.74, 6) is 0.0761. The van der Waals surface area contributed by atoms with Crippen molar-refractivity contribution < 1.29 is 13.2 Å². The van der Waals surface area contributed by atoms with Crippen molar-refractivity contribution in [1.82, 2.24) is 4.98 Å². The van der Waals surface area contributed by atoms with Crippen LogP contribution in [0.3, 0.4) is 0 Å². The molecule has 0 unspecified atom stereocenters. The predicted octanol–water partition coefficient (Wildman–Crippen LogP) is 3.48. The molecule has 17 heavy (non-hydrogen) atoms. The van der Waals surface area contributed by atoms with Gasteiger partial charge in [0.05, 0.1) is 5.56 Å². The molecule has 2 nitrogen and oxygen atoms in total. The van der Waals surface area contributed by atoms with Gasteiger partial charge in [-0.1, -0.05) is 0 Å². The number of alkyl halides is 3. The first-order chi connectivity index (χ1) is 8.00. The van der Waals surface area contributed by atoms with Crippen LogP contribution in [0.2, 0.25) is 0 Å². The van der Waals surface area contributed by atoms with Crippen molar-refractivity contribution >= 4 is 5.82 Å². The summed E-state index contributed by atoms with van der Waals surface area (Å²) in [6, 6.07) is 2.56. The van der Waals surface area contributed by atoms with Crippen LogP contribution < -0.4 is 4.90 Å². The zero-order valence-electron chi connectivity index (χ0n) is 9.67. The van der Waals surface area contributed by atoms with E-state index in [1.807, 2.05) is 6.92 Å². The Hall–Kier alpha value is -1.26. The maximum atomic E-state index is 12.9. The standard InChI is InChI=1S/C12H15F3N2/c1-9-5-2-3-8-17(9)11-10(12(13,14)15)6-4-7-16-11/h4,6-7,9H,2-3,5,8H2,1H3/t9-/m0/s1. The number of hydrogen-bond donors (Lipinski definition) is 0. The number of hydrogen-bond acceptors (Lipinski definition) is 2. The lowest BCUT2D eigenvalue weighted by atomic mass is 10.0. The van der Waals surface area contributed by atoms with E-state index < -0.39 is 11.7 Å². The normalized spacial score (nSPS) is 21.6. The van der Waals surface area contributed by atoms with Gasteiger partial charge in [-0.2, -0.15) is 13.2 Å². The van der Waals surface area contributed by atoms with Crippen molar-refractivity contribution in [2.24, 2.45) is 0 Å². The molecule has 2 heterocycles. The van der Waals surface area contributed by atoms with Crippen LogP contribution in [-0.4, -0.2) is 17.6 Å². The summed E-state index contributed by atoms with van der Waals surface area (Å²) in [5, 5.41) is 0. The zero-order valence-corrected chi connectivity index (χ0v) is 9.67. The Bertz CT molecular complexity index is 390. The van der Waals surface area contributed by atoms with Crippen LogP contribution >= 0.6 is 0 Å². The molecule has 0 saturated carbocycles. The molecule has 0 N–H and O–H groups in total. The molecule has 0 radical (unpaired) electrons. The van der Waals surface area contributed by atoms with E-state index in [1.54, 1.807) is 4.90 Å². The van der Waals surface area contributed by atoms with Crippen LogP contribution in [0.4, 0.5) is 19.0 Å². The fourth-order valence-corrected chi connectivity index (χ4v) is 2.26. The lowest BCUT2D eigenvalue weighted by Gasteiger charge is -2.35. The first kappa shape index (κ1) is 12.2. The second-order valence-corrected chi connectivity index (χ2v) is 4.41. The average Bonchev–Trinajstić information content (AvgIpc) is 2.28. The number of aromatic nitrogens is 1. The second kappa shape index (κ2) is 4.55. The molecular formula is C12H15F3N2. The van der Waals surface area contributed by atoms with Crippen molar-refractivity contribution in [2.75, 3.05) is 11.4 Å². The van der Waals surface area contributed by atoms with Gasteiger partial charge < -0.3 is 4.90 Å². The summed E-state index contributed by atoms with van der Waals surface area (Å²) in [5.41, 5.74) is -0.631. The predicted molar refractivity (Wildman–Crippen MR) is 59.9 cm³/mol. The number of piperidine rings is 1. The third-order valence-corrected chi connectivity index (χ3v) is 3.17. The summed E-state index contributed by atoms with van der Waals surface area (Å²) >= 11 is 0. The fraction of sp³-hybridized carbons (Fsp3) is 0.583. The van der Waals surface area contributed by atoms with Gasteiger partial charge in [0.1, 0.15) is 5.82 Å². The van der Waals surface area contributed by atoms with Gasteiger partial charge in [-0.3, -0.25) is 0 Å². The third kappa shape index (κ3) is 2.53. The number of halogens is 3. The van der Waals surface area contributed by atoms with E-state index in [1.165, 1.54) is 12.3 Å². The van der Waals surface area contributed by atoms with Gasteiger partial charge in [-0.15, -0.1) is 0 Å². The minimum absolute atomic E-state index is 0.0761. The van der Waals surface area contributed by atoms with Gasteiger partial charge in [-0.25, -0.2) is 4.98 Å². The van der Waals surface area contributed by atoms with Gasteiger partial charge in [0.25, 0.3) is 0 Å².